The van der Waals surface area contributed by atoms with Crippen LogP contribution in [0, 0.1) is 5.82 Å². The summed E-state index contributed by atoms with van der Waals surface area (Å²) < 4.78 is 18.4. The van der Waals surface area contributed by atoms with Gasteiger partial charge in [0.1, 0.15) is 11.4 Å². The number of rotatable bonds is 4. The van der Waals surface area contributed by atoms with Crippen molar-refractivity contribution in [1.82, 2.24) is 5.32 Å². The largest absolute Gasteiger partial charge is 0.467 e. The number of benzene rings is 1. The van der Waals surface area contributed by atoms with Gasteiger partial charge in [-0.3, -0.25) is 4.79 Å². The van der Waals surface area contributed by atoms with Gasteiger partial charge in [-0.05, 0) is 32.0 Å². The third-order valence-corrected chi connectivity index (χ3v) is 2.59. The van der Waals surface area contributed by atoms with Crippen LogP contribution in [0.25, 0.3) is 0 Å². The van der Waals surface area contributed by atoms with Gasteiger partial charge in [0.25, 0.3) is 5.91 Å². The second kappa shape index (κ2) is 8.24. The molecule has 0 spiro atoms. The lowest BCUT2D eigenvalue weighted by Crippen LogP contribution is -2.41. The van der Waals surface area contributed by atoms with E-state index in [1.54, 1.807) is 13.8 Å². The van der Waals surface area contributed by atoms with Crippen molar-refractivity contribution in [3.8, 4) is 0 Å². The molecule has 1 rings (SSSR count). The molecule has 0 aliphatic heterocycles. The molecule has 1 aromatic carbocycles. The Hall–Kier alpha value is -2.11. The summed E-state index contributed by atoms with van der Waals surface area (Å²) in [7, 11) is 2.70. The molecule has 0 bridgehead atoms. The van der Waals surface area contributed by atoms with E-state index in [9.17, 15) is 14.0 Å². The van der Waals surface area contributed by atoms with Gasteiger partial charge in [-0.15, -0.1) is 0 Å². The highest BCUT2D eigenvalue weighted by atomic mass is 19.1. The quantitative estimate of drug-likeness (QED) is 0.838. The van der Waals surface area contributed by atoms with Crippen molar-refractivity contribution in [2.75, 3.05) is 19.5 Å². The van der Waals surface area contributed by atoms with Gasteiger partial charge >= 0.3 is 5.97 Å². The molecule has 1 aromatic rings. The summed E-state index contributed by atoms with van der Waals surface area (Å²) in [5, 5.41) is 5.19. The van der Waals surface area contributed by atoms with Crippen LogP contribution in [-0.2, 0) is 9.53 Å². The van der Waals surface area contributed by atoms with Crippen molar-refractivity contribution in [2.24, 2.45) is 0 Å². The number of nitrogens with one attached hydrogen (secondary N) is 2. The van der Waals surface area contributed by atoms with Gasteiger partial charge in [-0.2, -0.15) is 0 Å². The van der Waals surface area contributed by atoms with Crippen LogP contribution < -0.4 is 10.6 Å². The van der Waals surface area contributed by atoms with Gasteiger partial charge in [0.2, 0.25) is 0 Å². The zero-order valence-electron chi connectivity index (χ0n) is 13.3. The molecule has 0 aliphatic rings. The summed E-state index contributed by atoms with van der Waals surface area (Å²) >= 11 is 0. The molecule has 118 valence electrons. The highest BCUT2D eigenvalue weighted by Crippen LogP contribution is 2.19. The summed E-state index contributed by atoms with van der Waals surface area (Å²) in [4.78, 5) is 22.8. The normalized spacial score (nSPS) is 10.0. The maximum Gasteiger partial charge on any atom is 0.330 e. The number of hydrogen-bond donors (Lipinski definition) is 2. The lowest BCUT2D eigenvalue weighted by atomic mass is 10.0. The van der Waals surface area contributed by atoms with E-state index in [1.807, 2.05) is 13.8 Å². The van der Waals surface area contributed by atoms with E-state index >= 15 is 0 Å². The molecule has 0 saturated heterocycles. The Balaban J connectivity index is 0.00000191. The topological polar surface area (TPSA) is 67.4 Å². The molecular formula is C15H23FN2O3. The predicted molar refractivity (Wildman–Crippen MR) is 80.9 cm³/mol. The second-order valence-corrected chi connectivity index (χ2v) is 4.52. The van der Waals surface area contributed by atoms with Crippen molar-refractivity contribution in [1.29, 1.82) is 0 Å². The maximum atomic E-state index is 13.7. The Morgan fingerprint density at radius 2 is 1.81 bits per heavy atom. The number of anilines is 1. The van der Waals surface area contributed by atoms with Crippen molar-refractivity contribution in [3.05, 3.63) is 29.6 Å². The van der Waals surface area contributed by atoms with Crippen molar-refractivity contribution >= 4 is 17.6 Å². The molecule has 2 N–H and O–H groups in total. The molecule has 21 heavy (non-hydrogen) atoms. The SMILES string of the molecule is CC.CNC(=O)c1ccc(NC(C)(C)C(=O)OC)cc1F. The van der Waals surface area contributed by atoms with Crippen LogP contribution >= 0.6 is 0 Å². The van der Waals surface area contributed by atoms with Crippen LogP contribution in [0.1, 0.15) is 38.1 Å². The molecule has 0 radical (unpaired) electrons. The molecular weight excluding hydrogens is 275 g/mol. The van der Waals surface area contributed by atoms with Gasteiger partial charge in [0.15, 0.2) is 0 Å². The lowest BCUT2D eigenvalue weighted by Gasteiger charge is -2.24. The average Bonchev–Trinajstić information content (AvgIpc) is 2.47. The van der Waals surface area contributed by atoms with Crippen LogP contribution in [0.4, 0.5) is 10.1 Å². The first kappa shape index (κ1) is 18.9. The Kier molecular flexibility index (Phi) is 7.41. The number of ether oxygens (including phenoxy) is 1. The zero-order chi connectivity index (χ0) is 16.6. The number of amides is 1. The Morgan fingerprint density at radius 1 is 1.24 bits per heavy atom. The molecule has 0 aromatic heterocycles. The van der Waals surface area contributed by atoms with Crippen molar-refractivity contribution in [2.45, 2.75) is 33.2 Å². The number of carbonyl (C=O) groups excluding carboxylic acids is 2. The van der Waals surface area contributed by atoms with Gasteiger partial charge < -0.3 is 15.4 Å². The second-order valence-electron chi connectivity index (χ2n) is 4.52. The fourth-order valence-electron chi connectivity index (χ4n) is 1.58. The number of halogens is 1. The summed E-state index contributed by atoms with van der Waals surface area (Å²) in [6.07, 6.45) is 0. The Bertz CT molecular complexity index is 502. The molecule has 6 heteroatoms. The third kappa shape index (κ3) is 5.06. The third-order valence-electron chi connectivity index (χ3n) is 2.59. The number of methoxy groups -OCH3 is 1. The minimum absolute atomic E-state index is 0.0519. The Morgan fingerprint density at radius 3 is 2.24 bits per heavy atom. The van der Waals surface area contributed by atoms with E-state index in [0.29, 0.717) is 5.69 Å². The first-order valence-electron chi connectivity index (χ1n) is 6.70. The van der Waals surface area contributed by atoms with E-state index in [0.717, 1.165) is 6.07 Å². The molecule has 0 atom stereocenters. The van der Waals surface area contributed by atoms with Gasteiger partial charge in [0, 0.05) is 12.7 Å². The van der Waals surface area contributed by atoms with Crippen LogP contribution in [0.15, 0.2) is 18.2 Å². The molecule has 0 unspecified atom stereocenters. The van der Waals surface area contributed by atoms with E-state index in [2.05, 4.69) is 15.4 Å². The first-order chi connectivity index (χ1) is 9.81. The van der Waals surface area contributed by atoms with E-state index in [4.69, 9.17) is 0 Å². The number of hydrogen-bond acceptors (Lipinski definition) is 4. The number of esters is 1. The zero-order valence-corrected chi connectivity index (χ0v) is 13.3. The minimum Gasteiger partial charge on any atom is -0.467 e. The first-order valence-corrected chi connectivity index (χ1v) is 6.70. The fourth-order valence-corrected chi connectivity index (χ4v) is 1.58. The van der Waals surface area contributed by atoms with E-state index in [-0.39, 0.29) is 5.56 Å². The highest BCUT2D eigenvalue weighted by Gasteiger charge is 2.28. The standard InChI is InChI=1S/C13H17FN2O3.C2H6/c1-13(2,12(18)19-4)16-8-5-6-9(10(14)7-8)11(17)15-3;1-2/h5-7,16H,1-4H3,(H,15,17);1-2H3. The molecule has 0 aliphatic carbocycles. The number of carbonyl (C=O) groups is 2. The highest BCUT2D eigenvalue weighted by molar-refractivity contribution is 5.94. The smallest absolute Gasteiger partial charge is 0.330 e. The molecule has 0 saturated carbocycles. The summed E-state index contributed by atoms with van der Waals surface area (Å²) in [5.41, 5.74) is -0.653. The van der Waals surface area contributed by atoms with Crippen LogP contribution in [-0.4, -0.2) is 31.6 Å². The Labute approximate surface area is 124 Å². The van der Waals surface area contributed by atoms with Crippen molar-refractivity contribution < 1.29 is 18.7 Å². The lowest BCUT2D eigenvalue weighted by molar-refractivity contribution is -0.144. The van der Waals surface area contributed by atoms with Crippen LogP contribution in [0.5, 0.6) is 0 Å². The summed E-state index contributed by atoms with van der Waals surface area (Å²) in [5.74, 6) is -1.63. The maximum absolute atomic E-state index is 13.7. The average molecular weight is 298 g/mol. The fraction of sp³-hybridized carbons (Fsp3) is 0.467. The van der Waals surface area contributed by atoms with Gasteiger partial charge in [-0.1, -0.05) is 13.8 Å². The summed E-state index contributed by atoms with van der Waals surface area (Å²) in [6.45, 7) is 7.23. The van der Waals surface area contributed by atoms with Crippen LogP contribution in [0.3, 0.4) is 0 Å². The minimum atomic E-state index is -0.990. The van der Waals surface area contributed by atoms with E-state index < -0.39 is 23.2 Å². The van der Waals surface area contributed by atoms with Gasteiger partial charge in [0.05, 0.1) is 12.7 Å². The van der Waals surface area contributed by atoms with Crippen LogP contribution in [0.2, 0.25) is 0 Å². The summed E-state index contributed by atoms with van der Waals surface area (Å²) in [6, 6.07) is 4.04. The van der Waals surface area contributed by atoms with Crippen molar-refractivity contribution in [3.63, 3.8) is 0 Å². The molecule has 5 nitrogen and oxygen atoms in total. The van der Waals surface area contributed by atoms with Gasteiger partial charge in [-0.25, -0.2) is 9.18 Å². The molecule has 0 fully saturated rings. The van der Waals surface area contributed by atoms with E-state index in [1.165, 1.54) is 26.3 Å². The molecule has 0 heterocycles. The monoisotopic (exact) mass is 298 g/mol. The molecule has 1 amide bonds. The predicted octanol–water partition coefficient (Wildman–Crippen LogP) is 2.58.